The molecule has 2 N–H and O–H groups in total. The number of hydrogen-bond acceptors (Lipinski definition) is 5. The first-order valence-electron chi connectivity index (χ1n) is 5.77. The Balaban J connectivity index is 2.05. The van der Waals surface area contributed by atoms with E-state index in [4.69, 9.17) is 0 Å². The molecule has 0 aliphatic rings. The van der Waals surface area contributed by atoms with Crippen LogP contribution in [0.25, 0.3) is 0 Å². The van der Waals surface area contributed by atoms with Crippen molar-refractivity contribution in [2.45, 2.75) is 11.3 Å². The number of nitrogens with zero attached hydrogens (tertiary/aromatic N) is 1. The van der Waals surface area contributed by atoms with Gasteiger partial charge in [-0.15, -0.1) is 11.3 Å². The molecular weight excluding hydrogens is 282 g/mol. The lowest BCUT2D eigenvalue weighted by molar-refractivity contribution is 0.582. The number of thiophene rings is 1. The third-order valence-corrected chi connectivity index (χ3v) is 5.01. The maximum atomic E-state index is 12.2. The van der Waals surface area contributed by atoms with Crippen LogP contribution in [0.4, 0.5) is 5.69 Å². The van der Waals surface area contributed by atoms with Crippen LogP contribution in [0.2, 0.25) is 0 Å². The Morgan fingerprint density at radius 3 is 2.89 bits per heavy atom. The van der Waals surface area contributed by atoms with E-state index in [0.29, 0.717) is 18.7 Å². The van der Waals surface area contributed by atoms with Gasteiger partial charge in [0.2, 0.25) is 10.0 Å². The number of aromatic nitrogens is 1. The molecular formula is C12H15N3O2S2. The summed E-state index contributed by atoms with van der Waals surface area (Å²) in [4.78, 5) is 5.19. The standard InChI is InChI=1S/C12H15N3O2S2/c1-13-11-5-6-14-9-12(11)19(16,17)15-7-4-10-3-2-8-18-10/h2-3,5-6,8-9,15H,4,7H2,1H3,(H,13,14). The summed E-state index contributed by atoms with van der Waals surface area (Å²) in [5.74, 6) is 0. The zero-order valence-corrected chi connectivity index (χ0v) is 12.1. The van der Waals surface area contributed by atoms with Crippen molar-refractivity contribution >= 4 is 27.0 Å². The topological polar surface area (TPSA) is 71.1 Å². The highest BCUT2D eigenvalue weighted by molar-refractivity contribution is 7.89. The molecule has 0 fully saturated rings. The minimum Gasteiger partial charge on any atom is -0.387 e. The zero-order valence-electron chi connectivity index (χ0n) is 10.5. The van der Waals surface area contributed by atoms with Crippen molar-refractivity contribution in [3.8, 4) is 0 Å². The van der Waals surface area contributed by atoms with E-state index < -0.39 is 10.0 Å². The number of nitrogens with one attached hydrogen (secondary N) is 2. The maximum absolute atomic E-state index is 12.2. The highest BCUT2D eigenvalue weighted by Gasteiger charge is 2.17. The van der Waals surface area contributed by atoms with E-state index in [9.17, 15) is 8.42 Å². The van der Waals surface area contributed by atoms with Crippen LogP contribution in [0.3, 0.4) is 0 Å². The van der Waals surface area contributed by atoms with Gasteiger partial charge in [-0.2, -0.15) is 0 Å². The average Bonchev–Trinajstić information content (AvgIpc) is 2.91. The third kappa shape index (κ3) is 3.52. The van der Waals surface area contributed by atoms with Gasteiger partial charge in [-0.3, -0.25) is 4.98 Å². The van der Waals surface area contributed by atoms with Gasteiger partial charge in [0.25, 0.3) is 0 Å². The largest absolute Gasteiger partial charge is 0.387 e. The Morgan fingerprint density at radius 2 is 2.21 bits per heavy atom. The molecule has 5 nitrogen and oxygen atoms in total. The SMILES string of the molecule is CNc1ccncc1S(=O)(=O)NCCc1cccs1. The van der Waals surface area contributed by atoms with Crippen LogP contribution in [0, 0.1) is 0 Å². The number of sulfonamides is 1. The summed E-state index contributed by atoms with van der Waals surface area (Å²) in [5.41, 5.74) is 0.540. The van der Waals surface area contributed by atoms with Crippen LogP contribution in [0.1, 0.15) is 4.88 Å². The molecule has 0 atom stereocenters. The molecule has 102 valence electrons. The van der Waals surface area contributed by atoms with E-state index in [2.05, 4.69) is 15.0 Å². The Hall–Kier alpha value is -1.44. The predicted molar refractivity (Wildman–Crippen MR) is 77.0 cm³/mol. The minimum atomic E-state index is -3.53. The van der Waals surface area contributed by atoms with Crippen molar-refractivity contribution in [1.82, 2.24) is 9.71 Å². The maximum Gasteiger partial charge on any atom is 0.244 e. The van der Waals surface area contributed by atoms with E-state index in [1.165, 1.54) is 6.20 Å². The lowest BCUT2D eigenvalue weighted by atomic mass is 10.3. The van der Waals surface area contributed by atoms with Crippen LogP contribution >= 0.6 is 11.3 Å². The summed E-state index contributed by atoms with van der Waals surface area (Å²) in [6.45, 7) is 0.376. The third-order valence-electron chi connectivity index (χ3n) is 2.59. The molecule has 0 saturated carbocycles. The molecule has 2 aromatic rings. The summed E-state index contributed by atoms with van der Waals surface area (Å²) < 4.78 is 26.9. The van der Waals surface area contributed by atoms with Gasteiger partial charge < -0.3 is 5.32 Å². The molecule has 2 rings (SSSR count). The fourth-order valence-corrected chi connectivity index (χ4v) is 3.54. The second-order valence-electron chi connectivity index (χ2n) is 3.85. The summed E-state index contributed by atoms with van der Waals surface area (Å²) in [6, 6.07) is 5.57. The van der Waals surface area contributed by atoms with E-state index in [0.717, 1.165) is 4.88 Å². The van der Waals surface area contributed by atoms with Crippen molar-refractivity contribution < 1.29 is 8.42 Å². The zero-order chi connectivity index (χ0) is 13.7. The molecule has 0 spiro atoms. The van der Waals surface area contributed by atoms with Crippen LogP contribution in [0.15, 0.2) is 40.9 Å². The Morgan fingerprint density at radius 1 is 1.37 bits per heavy atom. The molecule has 0 amide bonds. The Bertz CT molecular complexity index is 624. The van der Waals surface area contributed by atoms with Gasteiger partial charge in [0.15, 0.2) is 0 Å². The minimum absolute atomic E-state index is 0.170. The van der Waals surface area contributed by atoms with Crippen LogP contribution < -0.4 is 10.0 Å². The normalized spacial score (nSPS) is 11.4. The number of hydrogen-bond donors (Lipinski definition) is 2. The highest BCUT2D eigenvalue weighted by atomic mass is 32.2. The van der Waals surface area contributed by atoms with Crippen LogP contribution in [-0.2, 0) is 16.4 Å². The van der Waals surface area contributed by atoms with E-state index in [1.807, 2.05) is 17.5 Å². The summed E-state index contributed by atoms with van der Waals surface area (Å²) in [5, 5.41) is 4.82. The van der Waals surface area contributed by atoms with Gasteiger partial charge in [-0.05, 0) is 23.9 Å². The molecule has 7 heteroatoms. The second-order valence-corrected chi connectivity index (χ2v) is 6.62. The molecule has 0 radical (unpaired) electrons. The van der Waals surface area contributed by atoms with Crippen molar-refractivity contribution in [1.29, 1.82) is 0 Å². The van der Waals surface area contributed by atoms with Crippen LogP contribution in [0.5, 0.6) is 0 Å². The van der Waals surface area contributed by atoms with Crippen molar-refractivity contribution in [2.24, 2.45) is 0 Å². The molecule has 0 aliphatic heterocycles. The predicted octanol–water partition coefficient (Wildman–Crippen LogP) is 1.71. The lowest BCUT2D eigenvalue weighted by Crippen LogP contribution is -2.26. The molecule has 0 bridgehead atoms. The van der Waals surface area contributed by atoms with Gasteiger partial charge in [-0.1, -0.05) is 6.07 Å². The van der Waals surface area contributed by atoms with Gasteiger partial charge >= 0.3 is 0 Å². The van der Waals surface area contributed by atoms with E-state index in [-0.39, 0.29) is 4.90 Å². The molecule has 0 saturated heterocycles. The summed E-state index contributed by atoms with van der Waals surface area (Å²) in [7, 11) is -1.85. The first kappa shape index (κ1) is 14.0. The second kappa shape index (κ2) is 6.14. The first-order valence-corrected chi connectivity index (χ1v) is 8.13. The van der Waals surface area contributed by atoms with Gasteiger partial charge in [-0.25, -0.2) is 13.1 Å². The van der Waals surface area contributed by atoms with Gasteiger partial charge in [0.05, 0.1) is 5.69 Å². The number of rotatable bonds is 6. The van der Waals surface area contributed by atoms with E-state index in [1.54, 1.807) is 30.6 Å². The smallest absolute Gasteiger partial charge is 0.244 e. The van der Waals surface area contributed by atoms with Crippen LogP contribution in [-0.4, -0.2) is 27.0 Å². The van der Waals surface area contributed by atoms with Crippen molar-refractivity contribution in [3.05, 3.63) is 40.8 Å². The highest BCUT2D eigenvalue weighted by Crippen LogP contribution is 2.18. The Kier molecular flexibility index (Phi) is 4.52. The summed E-state index contributed by atoms with van der Waals surface area (Å²) >= 11 is 1.62. The fraction of sp³-hybridized carbons (Fsp3) is 0.250. The molecule has 0 aromatic carbocycles. The molecule has 2 aromatic heterocycles. The lowest BCUT2D eigenvalue weighted by Gasteiger charge is -2.10. The molecule has 0 unspecified atom stereocenters. The van der Waals surface area contributed by atoms with E-state index >= 15 is 0 Å². The molecule has 19 heavy (non-hydrogen) atoms. The van der Waals surface area contributed by atoms with Gasteiger partial charge in [0, 0.05) is 30.9 Å². The number of pyridine rings is 1. The summed E-state index contributed by atoms with van der Waals surface area (Å²) in [6.07, 6.45) is 3.59. The Labute approximate surface area is 116 Å². The monoisotopic (exact) mass is 297 g/mol. The molecule has 0 aliphatic carbocycles. The van der Waals surface area contributed by atoms with Crippen molar-refractivity contribution in [3.63, 3.8) is 0 Å². The number of anilines is 1. The quantitative estimate of drug-likeness (QED) is 0.851. The first-order chi connectivity index (χ1) is 9.13. The molecule has 2 heterocycles. The van der Waals surface area contributed by atoms with Gasteiger partial charge in [0.1, 0.15) is 4.90 Å². The van der Waals surface area contributed by atoms with Crippen molar-refractivity contribution in [2.75, 3.05) is 18.9 Å². The average molecular weight is 297 g/mol. The fourth-order valence-electron chi connectivity index (χ4n) is 1.64.